The number of amides is 3. The van der Waals surface area contributed by atoms with Gasteiger partial charge in [-0.1, -0.05) is 17.7 Å². The largest absolute Gasteiger partial charge is 0.326 e. The number of hydrogen-bond acceptors (Lipinski definition) is 3. The van der Waals surface area contributed by atoms with Crippen LogP contribution in [0.1, 0.15) is 24.2 Å². The van der Waals surface area contributed by atoms with E-state index in [9.17, 15) is 14.4 Å². The number of carbonyl (C=O) groups is 3. The van der Waals surface area contributed by atoms with Crippen LogP contribution >= 0.6 is 11.6 Å². The van der Waals surface area contributed by atoms with E-state index >= 15 is 0 Å². The topological polar surface area (TPSA) is 87.3 Å². The minimum atomic E-state index is -0.364. The highest BCUT2D eigenvalue weighted by Crippen LogP contribution is 2.26. The molecule has 0 fully saturated rings. The van der Waals surface area contributed by atoms with Crippen molar-refractivity contribution < 1.29 is 14.4 Å². The highest BCUT2D eigenvalue weighted by atomic mass is 35.5. The third kappa shape index (κ3) is 4.82. The molecule has 124 valence electrons. The quantitative estimate of drug-likeness (QED) is 0.792. The molecule has 0 saturated heterocycles. The Hall–Kier alpha value is -2.86. The summed E-state index contributed by atoms with van der Waals surface area (Å²) in [5, 5.41) is 8.21. The smallest absolute Gasteiger partial charge is 0.255 e. The van der Waals surface area contributed by atoms with E-state index in [1.165, 1.54) is 13.8 Å². The number of halogens is 1. The monoisotopic (exact) mass is 345 g/mol. The zero-order chi connectivity index (χ0) is 17.7. The Balaban J connectivity index is 2.14. The molecule has 0 aliphatic heterocycles. The van der Waals surface area contributed by atoms with Crippen LogP contribution in [0.25, 0.3) is 0 Å². The van der Waals surface area contributed by atoms with E-state index in [2.05, 4.69) is 16.0 Å². The van der Waals surface area contributed by atoms with Gasteiger partial charge in [0, 0.05) is 30.8 Å². The van der Waals surface area contributed by atoms with E-state index in [1.54, 1.807) is 42.5 Å². The first-order valence-electron chi connectivity index (χ1n) is 7.11. The normalized spacial score (nSPS) is 9.96. The summed E-state index contributed by atoms with van der Waals surface area (Å²) in [6, 6.07) is 11.3. The van der Waals surface area contributed by atoms with Crippen LogP contribution in [0.5, 0.6) is 0 Å². The molecule has 0 aliphatic rings. The molecule has 0 atom stereocenters. The molecule has 0 bridgehead atoms. The molecule has 2 aromatic carbocycles. The third-order valence-electron chi connectivity index (χ3n) is 2.98. The fourth-order valence-electron chi connectivity index (χ4n) is 2.03. The van der Waals surface area contributed by atoms with Gasteiger partial charge in [-0.15, -0.1) is 0 Å². The van der Waals surface area contributed by atoms with Crippen LogP contribution in [0.3, 0.4) is 0 Å². The Labute approximate surface area is 144 Å². The van der Waals surface area contributed by atoms with E-state index in [0.29, 0.717) is 27.6 Å². The number of carbonyl (C=O) groups excluding carboxylic acids is 3. The average molecular weight is 346 g/mol. The maximum absolute atomic E-state index is 12.3. The number of hydrogen-bond donors (Lipinski definition) is 3. The van der Waals surface area contributed by atoms with Gasteiger partial charge in [0.1, 0.15) is 0 Å². The molecule has 0 spiro atoms. The molecule has 2 rings (SSSR count). The summed E-state index contributed by atoms with van der Waals surface area (Å²) >= 11 is 6.12. The second-order valence-corrected chi connectivity index (χ2v) is 5.50. The van der Waals surface area contributed by atoms with E-state index in [1.807, 2.05) is 0 Å². The van der Waals surface area contributed by atoms with E-state index in [0.717, 1.165) is 0 Å². The predicted octanol–water partition coefficient (Wildman–Crippen LogP) is 3.51. The van der Waals surface area contributed by atoms with Crippen LogP contribution < -0.4 is 16.0 Å². The Morgan fingerprint density at radius 3 is 2.04 bits per heavy atom. The van der Waals surface area contributed by atoms with Gasteiger partial charge in [0.2, 0.25) is 11.8 Å². The van der Waals surface area contributed by atoms with Gasteiger partial charge in [0.25, 0.3) is 5.91 Å². The van der Waals surface area contributed by atoms with Crippen molar-refractivity contribution in [1.82, 2.24) is 0 Å². The fraction of sp³-hybridized carbons (Fsp3) is 0.118. The standard InChI is InChI=1S/C17H16ClN3O3/c1-10(22)19-13-5-3-4-12(8-13)17(24)21-16-7-6-14(9-15(16)18)20-11(2)23/h3-9H,1-2H3,(H,19,22)(H,20,23)(H,21,24). The lowest BCUT2D eigenvalue weighted by molar-refractivity contribution is -0.115. The first kappa shape index (κ1) is 17.5. The average Bonchev–Trinajstić information content (AvgIpc) is 2.49. The fourth-order valence-corrected chi connectivity index (χ4v) is 2.26. The van der Waals surface area contributed by atoms with E-state index < -0.39 is 0 Å². The molecule has 0 saturated carbocycles. The van der Waals surface area contributed by atoms with Crippen molar-refractivity contribution >= 4 is 46.4 Å². The number of anilines is 3. The number of nitrogens with one attached hydrogen (secondary N) is 3. The minimum absolute atomic E-state index is 0.211. The molecule has 24 heavy (non-hydrogen) atoms. The summed E-state index contributed by atoms with van der Waals surface area (Å²) in [6.45, 7) is 2.79. The van der Waals surface area contributed by atoms with Crippen LogP contribution in [-0.2, 0) is 9.59 Å². The lowest BCUT2D eigenvalue weighted by atomic mass is 10.1. The lowest BCUT2D eigenvalue weighted by Crippen LogP contribution is -2.13. The van der Waals surface area contributed by atoms with Gasteiger partial charge in [0.05, 0.1) is 10.7 Å². The predicted molar refractivity (Wildman–Crippen MR) is 94.5 cm³/mol. The zero-order valence-corrected chi connectivity index (χ0v) is 13.9. The summed E-state index contributed by atoms with van der Waals surface area (Å²) in [6.07, 6.45) is 0. The van der Waals surface area contributed by atoms with Gasteiger partial charge in [0.15, 0.2) is 0 Å². The Morgan fingerprint density at radius 1 is 0.833 bits per heavy atom. The first-order chi connectivity index (χ1) is 11.3. The van der Waals surface area contributed by atoms with Crippen LogP contribution in [-0.4, -0.2) is 17.7 Å². The molecule has 0 radical (unpaired) electrons. The molecule has 3 N–H and O–H groups in total. The van der Waals surface area contributed by atoms with Crippen LogP contribution in [0, 0.1) is 0 Å². The van der Waals surface area contributed by atoms with Crippen LogP contribution in [0.15, 0.2) is 42.5 Å². The van der Waals surface area contributed by atoms with Crippen molar-refractivity contribution in [3.8, 4) is 0 Å². The van der Waals surface area contributed by atoms with E-state index in [4.69, 9.17) is 11.6 Å². The molecule has 7 heteroatoms. The SMILES string of the molecule is CC(=O)Nc1cccc(C(=O)Nc2ccc(NC(C)=O)cc2Cl)c1. The van der Waals surface area contributed by atoms with Crippen molar-refractivity contribution in [2.24, 2.45) is 0 Å². The summed E-state index contributed by atoms with van der Waals surface area (Å²) in [5.74, 6) is -0.793. The molecule has 3 amide bonds. The first-order valence-corrected chi connectivity index (χ1v) is 7.49. The van der Waals surface area contributed by atoms with Gasteiger partial charge in [-0.2, -0.15) is 0 Å². The molecule has 6 nitrogen and oxygen atoms in total. The van der Waals surface area contributed by atoms with Gasteiger partial charge in [-0.25, -0.2) is 0 Å². The lowest BCUT2D eigenvalue weighted by Gasteiger charge is -2.10. The van der Waals surface area contributed by atoms with Crippen molar-refractivity contribution in [3.05, 3.63) is 53.1 Å². The third-order valence-corrected chi connectivity index (χ3v) is 3.30. The van der Waals surface area contributed by atoms with Gasteiger partial charge < -0.3 is 16.0 Å². The van der Waals surface area contributed by atoms with Crippen molar-refractivity contribution in [2.75, 3.05) is 16.0 Å². The second-order valence-electron chi connectivity index (χ2n) is 5.09. The molecule has 2 aromatic rings. The number of benzene rings is 2. The van der Waals surface area contributed by atoms with Crippen molar-refractivity contribution in [1.29, 1.82) is 0 Å². The summed E-state index contributed by atoms with van der Waals surface area (Å²) in [5.41, 5.74) is 1.87. The van der Waals surface area contributed by atoms with Crippen LogP contribution in [0.4, 0.5) is 17.1 Å². The van der Waals surface area contributed by atoms with Crippen LogP contribution in [0.2, 0.25) is 5.02 Å². The highest BCUT2D eigenvalue weighted by molar-refractivity contribution is 6.34. The highest BCUT2D eigenvalue weighted by Gasteiger charge is 2.10. The molecular formula is C17H16ClN3O3. The molecule has 0 aliphatic carbocycles. The minimum Gasteiger partial charge on any atom is -0.326 e. The van der Waals surface area contributed by atoms with Gasteiger partial charge in [-0.05, 0) is 36.4 Å². The summed E-state index contributed by atoms with van der Waals surface area (Å²) in [4.78, 5) is 34.4. The molecule has 0 aromatic heterocycles. The molecular weight excluding hydrogens is 330 g/mol. The maximum Gasteiger partial charge on any atom is 0.255 e. The molecule has 0 heterocycles. The summed E-state index contributed by atoms with van der Waals surface area (Å²) < 4.78 is 0. The van der Waals surface area contributed by atoms with E-state index in [-0.39, 0.29) is 17.7 Å². The van der Waals surface area contributed by atoms with Crippen molar-refractivity contribution in [3.63, 3.8) is 0 Å². The zero-order valence-electron chi connectivity index (χ0n) is 13.1. The second kappa shape index (κ2) is 7.61. The summed E-state index contributed by atoms with van der Waals surface area (Å²) in [7, 11) is 0. The van der Waals surface area contributed by atoms with Gasteiger partial charge in [-0.3, -0.25) is 14.4 Å². The Morgan fingerprint density at radius 2 is 1.46 bits per heavy atom. The van der Waals surface area contributed by atoms with Gasteiger partial charge >= 0.3 is 0 Å². The maximum atomic E-state index is 12.3. The Bertz CT molecular complexity index is 805. The number of rotatable bonds is 4. The van der Waals surface area contributed by atoms with Crippen molar-refractivity contribution in [2.45, 2.75) is 13.8 Å². The molecule has 0 unspecified atom stereocenters. The Kier molecular flexibility index (Phi) is 5.55.